The van der Waals surface area contributed by atoms with E-state index in [1.807, 2.05) is 0 Å². The molecule has 2 heterocycles. The number of nitrogens with zero attached hydrogens (tertiary/aromatic N) is 1. The molecule has 0 amide bonds. The van der Waals surface area contributed by atoms with Crippen molar-refractivity contribution in [2.75, 3.05) is 32.9 Å². The highest BCUT2D eigenvalue weighted by molar-refractivity contribution is 5.88. The smallest absolute Gasteiger partial charge is 0.336 e. The third kappa shape index (κ3) is 9.84. The van der Waals surface area contributed by atoms with Crippen LogP contribution in [0.1, 0.15) is 55.7 Å². The molecule has 0 bridgehead atoms. The number of rotatable bonds is 13. The number of likely N-dealkylation sites (tertiary alicyclic amines) is 1. The Morgan fingerprint density at radius 1 is 0.976 bits per heavy atom. The SMILES string of the molecule is CCOCC1(CCc2ccccc2)CCN(Cc2ccc3c(c2)OCC3)CC1.O=C(O)CC(O)(CC(=O)O)C(=O)O. The molecule has 10 nitrogen and oxygen atoms in total. The number of aliphatic carboxylic acids is 3. The van der Waals surface area contributed by atoms with Crippen LogP contribution in [0.15, 0.2) is 48.5 Å². The lowest BCUT2D eigenvalue weighted by Gasteiger charge is -2.42. The van der Waals surface area contributed by atoms with Crippen LogP contribution < -0.4 is 4.74 Å². The minimum Gasteiger partial charge on any atom is -0.493 e. The second-order valence-electron chi connectivity index (χ2n) is 10.9. The van der Waals surface area contributed by atoms with Crippen molar-refractivity contribution in [3.8, 4) is 5.75 Å². The Balaban J connectivity index is 0.000000302. The quantitative estimate of drug-likeness (QED) is 0.280. The van der Waals surface area contributed by atoms with E-state index in [-0.39, 0.29) is 0 Å². The number of fused-ring (bicyclic) bond motifs is 1. The summed E-state index contributed by atoms with van der Waals surface area (Å²) < 4.78 is 11.7. The molecule has 0 aromatic heterocycles. The molecule has 1 fully saturated rings. The molecule has 224 valence electrons. The van der Waals surface area contributed by atoms with Gasteiger partial charge in [-0.1, -0.05) is 42.5 Å². The van der Waals surface area contributed by atoms with Crippen molar-refractivity contribution < 1.29 is 44.3 Å². The zero-order valence-corrected chi connectivity index (χ0v) is 23.6. The normalized spacial score (nSPS) is 16.1. The van der Waals surface area contributed by atoms with Crippen LogP contribution in [0.5, 0.6) is 5.75 Å². The van der Waals surface area contributed by atoms with Gasteiger partial charge >= 0.3 is 17.9 Å². The van der Waals surface area contributed by atoms with Crippen LogP contribution in [0, 0.1) is 5.41 Å². The number of aryl methyl sites for hydroxylation is 1. The maximum atomic E-state index is 10.3. The summed E-state index contributed by atoms with van der Waals surface area (Å²) in [7, 11) is 0. The summed E-state index contributed by atoms with van der Waals surface area (Å²) >= 11 is 0. The molecule has 0 radical (unpaired) electrons. The van der Waals surface area contributed by atoms with Gasteiger partial charge in [-0.15, -0.1) is 0 Å². The highest BCUT2D eigenvalue weighted by Gasteiger charge is 2.41. The first-order valence-corrected chi connectivity index (χ1v) is 14.0. The summed E-state index contributed by atoms with van der Waals surface area (Å²) in [6, 6.07) is 17.7. The van der Waals surface area contributed by atoms with E-state index in [9.17, 15) is 14.4 Å². The van der Waals surface area contributed by atoms with E-state index in [1.54, 1.807) is 0 Å². The van der Waals surface area contributed by atoms with Crippen molar-refractivity contribution in [1.82, 2.24) is 4.90 Å². The lowest BCUT2D eigenvalue weighted by Crippen LogP contribution is -2.42. The van der Waals surface area contributed by atoms with E-state index >= 15 is 0 Å². The average Bonchev–Trinajstić information content (AvgIpc) is 3.40. The number of ether oxygens (including phenoxy) is 2. The van der Waals surface area contributed by atoms with Gasteiger partial charge in [-0.05, 0) is 73.9 Å². The zero-order valence-electron chi connectivity index (χ0n) is 23.6. The van der Waals surface area contributed by atoms with Gasteiger partial charge in [-0.3, -0.25) is 14.5 Å². The molecule has 41 heavy (non-hydrogen) atoms. The molecule has 2 aromatic carbocycles. The Kier molecular flexibility index (Phi) is 11.7. The predicted octanol–water partition coefficient (Wildman–Crippen LogP) is 3.62. The van der Waals surface area contributed by atoms with Crippen molar-refractivity contribution >= 4 is 17.9 Å². The fourth-order valence-corrected chi connectivity index (χ4v) is 5.31. The minimum atomic E-state index is -2.74. The molecule has 0 unspecified atom stereocenters. The van der Waals surface area contributed by atoms with E-state index in [1.165, 1.54) is 36.0 Å². The predicted molar refractivity (Wildman–Crippen MR) is 151 cm³/mol. The molecule has 0 saturated carbocycles. The molecule has 4 N–H and O–H groups in total. The summed E-state index contributed by atoms with van der Waals surface area (Å²) in [5, 5.41) is 33.8. The third-order valence-corrected chi connectivity index (χ3v) is 7.77. The molecule has 0 atom stereocenters. The molecule has 2 aliphatic heterocycles. The Bertz CT molecular complexity index is 1140. The second-order valence-corrected chi connectivity index (χ2v) is 10.9. The number of carboxylic acids is 3. The van der Waals surface area contributed by atoms with Crippen LogP contribution in [-0.2, 0) is 38.5 Å². The first-order chi connectivity index (χ1) is 19.5. The summed E-state index contributed by atoms with van der Waals surface area (Å²) in [4.78, 5) is 33.1. The van der Waals surface area contributed by atoms with Crippen molar-refractivity contribution in [2.24, 2.45) is 5.41 Å². The van der Waals surface area contributed by atoms with E-state index in [0.717, 1.165) is 58.0 Å². The molecule has 4 rings (SSSR count). The van der Waals surface area contributed by atoms with Crippen LogP contribution >= 0.6 is 0 Å². The van der Waals surface area contributed by atoms with Gasteiger partial charge in [0.25, 0.3) is 0 Å². The topological polar surface area (TPSA) is 154 Å². The maximum absolute atomic E-state index is 10.3. The fraction of sp³-hybridized carbons (Fsp3) is 0.516. The van der Waals surface area contributed by atoms with Crippen molar-refractivity contribution in [3.05, 3.63) is 65.2 Å². The van der Waals surface area contributed by atoms with Gasteiger partial charge in [0.05, 0.1) is 26.1 Å². The van der Waals surface area contributed by atoms with E-state index in [0.29, 0.717) is 5.41 Å². The molecule has 2 aliphatic rings. The number of piperidine rings is 1. The molecule has 2 aromatic rings. The van der Waals surface area contributed by atoms with Crippen LogP contribution in [0.4, 0.5) is 0 Å². The summed E-state index contributed by atoms with van der Waals surface area (Å²) in [5.74, 6) is -3.92. The van der Waals surface area contributed by atoms with Crippen molar-refractivity contribution in [1.29, 1.82) is 0 Å². The highest BCUT2D eigenvalue weighted by atomic mass is 16.5. The lowest BCUT2D eigenvalue weighted by molar-refractivity contribution is -0.170. The van der Waals surface area contributed by atoms with Gasteiger partial charge in [-0.2, -0.15) is 0 Å². The number of aliphatic hydroxyl groups is 1. The summed E-state index contributed by atoms with van der Waals surface area (Å²) in [6.07, 6.45) is 3.58. The number of hydrogen-bond acceptors (Lipinski definition) is 7. The largest absolute Gasteiger partial charge is 0.493 e. The molecule has 0 aliphatic carbocycles. The van der Waals surface area contributed by atoms with Gasteiger partial charge in [0.1, 0.15) is 5.75 Å². The second kappa shape index (κ2) is 15.0. The number of carbonyl (C=O) groups is 3. The van der Waals surface area contributed by atoms with Crippen LogP contribution in [0.3, 0.4) is 0 Å². The Morgan fingerprint density at radius 3 is 2.22 bits per heavy atom. The van der Waals surface area contributed by atoms with Crippen molar-refractivity contribution in [2.45, 2.75) is 64.0 Å². The van der Waals surface area contributed by atoms with E-state index in [2.05, 4.69) is 60.4 Å². The summed E-state index contributed by atoms with van der Waals surface area (Å²) in [5.41, 5.74) is 1.77. The standard InChI is InChI=1S/C25H33NO2.C6H8O7/c1-2-27-20-25(12-10-21-6-4-3-5-7-21)13-15-26(16-14-25)19-22-8-9-23-11-17-28-24(23)18-22;7-3(8)1-6(13,5(11)12)2-4(9)10/h3-9,18H,2,10-17,19-20H2,1H3;13H,1-2H2,(H,7,8)(H,9,10)(H,11,12). The van der Waals surface area contributed by atoms with E-state index in [4.69, 9.17) is 29.9 Å². The van der Waals surface area contributed by atoms with Gasteiger partial charge in [0.15, 0.2) is 5.60 Å². The molecular weight excluding hydrogens is 530 g/mol. The highest BCUT2D eigenvalue weighted by Crippen LogP contribution is 2.37. The lowest BCUT2D eigenvalue weighted by atomic mass is 9.74. The number of hydrogen-bond donors (Lipinski definition) is 4. The van der Waals surface area contributed by atoms with Gasteiger partial charge < -0.3 is 29.9 Å². The minimum absolute atomic E-state index is 0.323. The maximum Gasteiger partial charge on any atom is 0.336 e. The Labute approximate surface area is 240 Å². The Morgan fingerprint density at radius 2 is 1.63 bits per heavy atom. The number of benzene rings is 2. The first kappa shape index (κ1) is 32.0. The monoisotopic (exact) mass is 571 g/mol. The van der Waals surface area contributed by atoms with Crippen LogP contribution in [0.2, 0.25) is 0 Å². The first-order valence-electron chi connectivity index (χ1n) is 14.0. The van der Waals surface area contributed by atoms with Crippen molar-refractivity contribution in [3.63, 3.8) is 0 Å². The van der Waals surface area contributed by atoms with Gasteiger partial charge in [-0.25, -0.2) is 4.79 Å². The average molecular weight is 572 g/mol. The molecule has 1 saturated heterocycles. The van der Waals surface area contributed by atoms with Gasteiger partial charge in [0.2, 0.25) is 0 Å². The zero-order chi connectivity index (χ0) is 29.9. The van der Waals surface area contributed by atoms with Crippen LogP contribution in [-0.4, -0.2) is 81.7 Å². The fourth-order valence-electron chi connectivity index (χ4n) is 5.31. The van der Waals surface area contributed by atoms with Crippen LogP contribution in [0.25, 0.3) is 0 Å². The molecule has 0 spiro atoms. The van der Waals surface area contributed by atoms with E-state index < -0.39 is 36.4 Å². The molecule has 10 heteroatoms. The summed E-state index contributed by atoms with van der Waals surface area (Å²) in [6.45, 7) is 7.99. The number of carboxylic acid groups (broad SMARTS) is 3. The molecular formula is C31H41NO9. The Hall–Kier alpha value is -3.47. The van der Waals surface area contributed by atoms with Gasteiger partial charge in [0, 0.05) is 19.6 Å². The third-order valence-electron chi connectivity index (χ3n) is 7.77.